The monoisotopic (exact) mass is 348 g/mol. The van der Waals surface area contributed by atoms with Crippen molar-refractivity contribution in [1.82, 2.24) is 0 Å². The number of carbonyl (C=O) groups is 2. The lowest BCUT2D eigenvalue weighted by atomic mass is 10.2. The Morgan fingerprint density at radius 3 is 2.08 bits per heavy atom. The average molecular weight is 349 g/mol. The van der Waals surface area contributed by atoms with E-state index in [-0.39, 0.29) is 5.69 Å². The van der Waals surface area contributed by atoms with Crippen molar-refractivity contribution in [2.75, 3.05) is 24.9 Å². The number of methoxy groups -OCH3 is 2. The third kappa shape index (κ3) is 3.97. The van der Waals surface area contributed by atoms with Crippen LogP contribution < -0.4 is 20.1 Å². The molecule has 0 saturated carbocycles. The number of anilines is 2. The van der Waals surface area contributed by atoms with E-state index in [4.69, 9.17) is 21.1 Å². The first-order valence-corrected chi connectivity index (χ1v) is 7.43. The van der Waals surface area contributed by atoms with E-state index in [1.54, 1.807) is 12.1 Å². The van der Waals surface area contributed by atoms with E-state index in [0.29, 0.717) is 22.2 Å². The highest BCUT2D eigenvalue weighted by Gasteiger charge is 2.18. The number of halogens is 1. The quantitative estimate of drug-likeness (QED) is 0.831. The molecule has 0 fully saturated rings. The van der Waals surface area contributed by atoms with Gasteiger partial charge in [0.15, 0.2) is 0 Å². The molecule has 7 heteroatoms. The Labute approximate surface area is 144 Å². The third-order valence-electron chi connectivity index (χ3n) is 3.32. The normalized spacial score (nSPS) is 10.0. The Hall–Kier alpha value is -2.73. The average Bonchev–Trinajstić information content (AvgIpc) is 2.57. The van der Waals surface area contributed by atoms with Crippen LogP contribution in [0.1, 0.15) is 5.56 Å². The highest BCUT2D eigenvalue weighted by Crippen LogP contribution is 2.35. The van der Waals surface area contributed by atoms with Crippen LogP contribution in [0.4, 0.5) is 11.4 Å². The standard InChI is InChI=1S/C17H17ClN2O4/c1-10-6-4-5-7-12(10)19-16(21)17(22)20-13-9-14(23-2)11(18)8-15(13)24-3/h4-9H,1-3H3,(H,19,21)(H,20,22). The fourth-order valence-electron chi connectivity index (χ4n) is 2.03. The molecule has 126 valence electrons. The van der Waals surface area contributed by atoms with Crippen LogP contribution in [-0.4, -0.2) is 26.0 Å². The van der Waals surface area contributed by atoms with Crippen LogP contribution in [0.3, 0.4) is 0 Å². The van der Waals surface area contributed by atoms with Gasteiger partial charge in [0.05, 0.1) is 24.9 Å². The molecular formula is C17H17ClN2O4. The van der Waals surface area contributed by atoms with E-state index in [1.807, 2.05) is 19.1 Å². The van der Waals surface area contributed by atoms with Crippen LogP contribution in [0, 0.1) is 6.92 Å². The summed E-state index contributed by atoms with van der Waals surface area (Å²) in [6.07, 6.45) is 0. The van der Waals surface area contributed by atoms with Crippen molar-refractivity contribution in [1.29, 1.82) is 0 Å². The summed E-state index contributed by atoms with van der Waals surface area (Å²) in [4.78, 5) is 24.2. The van der Waals surface area contributed by atoms with Crippen molar-refractivity contribution in [2.45, 2.75) is 6.92 Å². The second-order valence-electron chi connectivity index (χ2n) is 4.91. The van der Waals surface area contributed by atoms with Crippen LogP contribution in [0.25, 0.3) is 0 Å². The molecule has 0 radical (unpaired) electrons. The number of amides is 2. The van der Waals surface area contributed by atoms with Crippen LogP contribution >= 0.6 is 11.6 Å². The lowest BCUT2D eigenvalue weighted by Crippen LogP contribution is -2.29. The number of rotatable bonds is 4. The van der Waals surface area contributed by atoms with Gasteiger partial charge in [-0.1, -0.05) is 29.8 Å². The first kappa shape index (κ1) is 17.6. The summed E-state index contributed by atoms with van der Waals surface area (Å²) in [6.45, 7) is 1.83. The molecule has 6 nitrogen and oxygen atoms in total. The summed E-state index contributed by atoms with van der Waals surface area (Å²) in [5.41, 5.74) is 1.70. The molecule has 0 aliphatic heterocycles. The zero-order valence-electron chi connectivity index (χ0n) is 13.5. The molecule has 2 aromatic rings. The van der Waals surface area contributed by atoms with Crippen molar-refractivity contribution in [2.24, 2.45) is 0 Å². The summed E-state index contributed by atoms with van der Waals surface area (Å²) in [7, 11) is 2.88. The van der Waals surface area contributed by atoms with Gasteiger partial charge in [0, 0.05) is 17.8 Å². The molecule has 0 aliphatic carbocycles. The first-order chi connectivity index (χ1) is 11.5. The number of carbonyl (C=O) groups excluding carboxylic acids is 2. The highest BCUT2D eigenvalue weighted by atomic mass is 35.5. The van der Waals surface area contributed by atoms with Gasteiger partial charge in [-0.05, 0) is 18.6 Å². The second-order valence-corrected chi connectivity index (χ2v) is 5.32. The van der Waals surface area contributed by atoms with E-state index < -0.39 is 11.8 Å². The van der Waals surface area contributed by atoms with E-state index in [9.17, 15) is 9.59 Å². The summed E-state index contributed by atoms with van der Waals surface area (Å²) in [6, 6.07) is 10.1. The minimum absolute atomic E-state index is 0.281. The summed E-state index contributed by atoms with van der Waals surface area (Å²) < 4.78 is 10.3. The van der Waals surface area contributed by atoms with Gasteiger partial charge in [-0.25, -0.2) is 0 Å². The molecule has 24 heavy (non-hydrogen) atoms. The van der Waals surface area contributed by atoms with Gasteiger partial charge in [-0.15, -0.1) is 0 Å². The van der Waals surface area contributed by atoms with E-state index in [2.05, 4.69) is 10.6 Å². The molecule has 0 saturated heterocycles. The number of benzene rings is 2. The van der Waals surface area contributed by atoms with Gasteiger partial charge in [-0.2, -0.15) is 0 Å². The van der Waals surface area contributed by atoms with Gasteiger partial charge >= 0.3 is 11.8 Å². The lowest BCUT2D eigenvalue weighted by Gasteiger charge is -2.13. The molecule has 2 aromatic carbocycles. The smallest absolute Gasteiger partial charge is 0.314 e. The van der Waals surface area contributed by atoms with E-state index >= 15 is 0 Å². The van der Waals surface area contributed by atoms with Gasteiger partial charge < -0.3 is 20.1 Å². The highest BCUT2D eigenvalue weighted by molar-refractivity contribution is 6.44. The van der Waals surface area contributed by atoms with Crippen molar-refractivity contribution >= 4 is 34.8 Å². The fourth-order valence-corrected chi connectivity index (χ4v) is 2.26. The maximum Gasteiger partial charge on any atom is 0.314 e. The topological polar surface area (TPSA) is 76.7 Å². The number of hydrogen-bond acceptors (Lipinski definition) is 4. The third-order valence-corrected chi connectivity index (χ3v) is 3.62. The molecule has 0 aromatic heterocycles. The summed E-state index contributed by atoms with van der Waals surface area (Å²) >= 11 is 6.01. The predicted molar refractivity (Wildman–Crippen MR) is 93.0 cm³/mol. The molecule has 0 spiro atoms. The molecule has 0 aliphatic rings. The summed E-state index contributed by atoms with van der Waals surface area (Å²) in [5, 5.41) is 5.38. The minimum atomic E-state index is -0.832. The van der Waals surface area contributed by atoms with Gasteiger partial charge in [0.1, 0.15) is 11.5 Å². The Morgan fingerprint density at radius 1 is 0.917 bits per heavy atom. The Balaban J connectivity index is 2.17. The Kier molecular flexibility index (Phi) is 5.65. The zero-order chi connectivity index (χ0) is 17.7. The number of para-hydroxylation sites is 1. The maximum absolute atomic E-state index is 12.1. The molecule has 2 amide bonds. The van der Waals surface area contributed by atoms with Crippen LogP contribution in [0.5, 0.6) is 11.5 Å². The van der Waals surface area contributed by atoms with E-state index in [0.717, 1.165) is 5.56 Å². The second kappa shape index (κ2) is 7.70. The van der Waals surface area contributed by atoms with Gasteiger partial charge in [0.2, 0.25) is 0 Å². The zero-order valence-corrected chi connectivity index (χ0v) is 14.2. The number of nitrogens with one attached hydrogen (secondary N) is 2. The molecule has 0 bridgehead atoms. The van der Waals surface area contributed by atoms with Crippen molar-refractivity contribution < 1.29 is 19.1 Å². The predicted octanol–water partition coefficient (Wildman–Crippen LogP) is 3.24. The van der Waals surface area contributed by atoms with Crippen LogP contribution in [-0.2, 0) is 9.59 Å². The first-order valence-electron chi connectivity index (χ1n) is 7.05. The SMILES string of the molecule is COc1cc(NC(=O)C(=O)Nc2ccccc2C)c(OC)cc1Cl. The summed E-state index contributed by atoms with van der Waals surface area (Å²) in [5.74, 6) is -0.953. The number of aryl methyl sites for hydroxylation is 1. The molecule has 0 heterocycles. The van der Waals surface area contributed by atoms with Gasteiger partial charge in [-0.3, -0.25) is 9.59 Å². The largest absolute Gasteiger partial charge is 0.495 e. The Morgan fingerprint density at radius 2 is 1.50 bits per heavy atom. The van der Waals surface area contributed by atoms with Crippen molar-refractivity contribution in [3.05, 3.63) is 47.0 Å². The van der Waals surface area contributed by atoms with Crippen molar-refractivity contribution in [3.8, 4) is 11.5 Å². The van der Waals surface area contributed by atoms with Crippen molar-refractivity contribution in [3.63, 3.8) is 0 Å². The molecule has 2 rings (SSSR count). The van der Waals surface area contributed by atoms with Gasteiger partial charge in [0.25, 0.3) is 0 Å². The van der Waals surface area contributed by atoms with Crippen LogP contribution in [0.2, 0.25) is 5.02 Å². The Bertz CT molecular complexity index is 777. The number of ether oxygens (including phenoxy) is 2. The lowest BCUT2D eigenvalue weighted by molar-refractivity contribution is -0.133. The molecule has 0 unspecified atom stereocenters. The number of hydrogen-bond donors (Lipinski definition) is 2. The molecular weight excluding hydrogens is 332 g/mol. The molecule has 2 N–H and O–H groups in total. The van der Waals surface area contributed by atoms with E-state index in [1.165, 1.54) is 26.4 Å². The molecule has 0 atom stereocenters. The maximum atomic E-state index is 12.1. The minimum Gasteiger partial charge on any atom is -0.495 e. The van der Waals surface area contributed by atoms with Crippen LogP contribution in [0.15, 0.2) is 36.4 Å². The fraction of sp³-hybridized carbons (Fsp3) is 0.176.